The maximum Gasteiger partial charge on any atom is 0.159 e. The molecule has 1 aromatic rings. The van der Waals surface area contributed by atoms with Gasteiger partial charge >= 0.3 is 0 Å². The first kappa shape index (κ1) is 8.71. The molecule has 0 atom stereocenters. The molecule has 3 heteroatoms. The molecule has 1 aromatic heterocycles. The molecule has 0 saturated heterocycles. The van der Waals surface area contributed by atoms with Crippen LogP contribution < -0.4 is 0 Å². The highest BCUT2D eigenvalue weighted by Crippen LogP contribution is 2.19. The van der Waals surface area contributed by atoms with Crippen LogP contribution in [0.4, 0.5) is 5.82 Å². The fraction of sp³-hybridized carbons (Fsp3) is 0.333. The highest BCUT2D eigenvalue weighted by atomic mass is 15.1. The Balaban J connectivity index is 3.30. The average molecular weight is 163 g/mol. The molecule has 3 nitrogen and oxygen atoms in total. The third-order valence-electron chi connectivity index (χ3n) is 1.76. The van der Waals surface area contributed by atoms with Crippen LogP contribution in [0.1, 0.15) is 18.4 Å². The van der Waals surface area contributed by atoms with E-state index >= 15 is 0 Å². The fourth-order valence-corrected chi connectivity index (χ4v) is 1.04. The Bertz CT molecular complexity index is 321. The number of imidazole rings is 1. The minimum atomic E-state index is 0.841. The standard InChI is InChI=1S/C9H13N3/c1-5-8-9(10-6-2)12(4)7(3)11-8/h5-6H,1H2,2-4H3. The zero-order valence-corrected chi connectivity index (χ0v) is 7.70. The van der Waals surface area contributed by atoms with E-state index in [0.717, 1.165) is 17.3 Å². The van der Waals surface area contributed by atoms with Gasteiger partial charge < -0.3 is 4.57 Å². The molecule has 1 rings (SSSR count). The van der Waals surface area contributed by atoms with Gasteiger partial charge in [-0.3, -0.25) is 0 Å². The first-order chi connectivity index (χ1) is 5.70. The summed E-state index contributed by atoms with van der Waals surface area (Å²) in [4.78, 5) is 8.48. The summed E-state index contributed by atoms with van der Waals surface area (Å²) in [7, 11) is 1.94. The molecule has 0 aliphatic carbocycles. The second kappa shape index (κ2) is 3.34. The predicted molar refractivity (Wildman–Crippen MR) is 51.9 cm³/mol. The van der Waals surface area contributed by atoms with E-state index in [1.165, 1.54) is 0 Å². The van der Waals surface area contributed by atoms with Crippen molar-refractivity contribution in [3.63, 3.8) is 0 Å². The minimum absolute atomic E-state index is 0.841. The number of aromatic nitrogens is 2. The van der Waals surface area contributed by atoms with E-state index in [4.69, 9.17) is 0 Å². The van der Waals surface area contributed by atoms with Crippen molar-refractivity contribution in [2.75, 3.05) is 0 Å². The molecule has 1 heterocycles. The van der Waals surface area contributed by atoms with Crippen LogP contribution in [0.15, 0.2) is 11.6 Å². The van der Waals surface area contributed by atoms with Gasteiger partial charge in [-0.2, -0.15) is 0 Å². The summed E-state index contributed by atoms with van der Waals surface area (Å²) < 4.78 is 1.94. The van der Waals surface area contributed by atoms with Gasteiger partial charge in [0, 0.05) is 13.3 Å². The van der Waals surface area contributed by atoms with Crippen molar-refractivity contribution in [1.82, 2.24) is 9.55 Å². The average Bonchev–Trinajstić information content (AvgIpc) is 2.33. The summed E-state index contributed by atoms with van der Waals surface area (Å²) in [6.07, 6.45) is 3.47. The second-order valence-electron chi connectivity index (χ2n) is 2.52. The maximum absolute atomic E-state index is 4.28. The molecule has 0 bridgehead atoms. The largest absolute Gasteiger partial charge is 0.316 e. The maximum atomic E-state index is 4.28. The van der Waals surface area contributed by atoms with Gasteiger partial charge in [-0.25, -0.2) is 9.98 Å². The van der Waals surface area contributed by atoms with E-state index in [2.05, 4.69) is 16.6 Å². The molecule has 0 N–H and O–H groups in total. The lowest BCUT2D eigenvalue weighted by Gasteiger charge is -1.96. The van der Waals surface area contributed by atoms with E-state index in [1.54, 1.807) is 12.3 Å². The summed E-state index contributed by atoms with van der Waals surface area (Å²) in [6, 6.07) is 0. The molecule has 0 fully saturated rings. The van der Waals surface area contributed by atoms with Gasteiger partial charge in [-0.05, 0) is 19.9 Å². The Kier molecular flexibility index (Phi) is 2.43. The molecule has 0 radical (unpaired) electrons. The van der Waals surface area contributed by atoms with Crippen molar-refractivity contribution in [3.05, 3.63) is 18.1 Å². The van der Waals surface area contributed by atoms with E-state index in [9.17, 15) is 0 Å². The monoisotopic (exact) mass is 163 g/mol. The molecule has 0 unspecified atom stereocenters. The highest BCUT2D eigenvalue weighted by Gasteiger charge is 2.06. The summed E-state index contributed by atoms with van der Waals surface area (Å²) in [5.74, 6) is 1.82. The number of nitrogens with zero attached hydrogens (tertiary/aromatic N) is 3. The lowest BCUT2D eigenvalue weighted by Crippen LogP contribution is -1.89. The first-order valence-electron chi connectivity index (χ1n) is 3.85. The zero-order valence-electron chi connectivity index (χ0n) is 7.70. The van der Waals surface area contributed by atoms with Crippen molar-refractivity contribution in [1.29, 1.82) is 0 Å². The molecule has 0 spiro atoms. The van der Waals surface area contributed by atoms with Gasteiger partial charge in [0.2, 0.25) is 0 Å². The van der Waals surface area contributed by atoms with Crippen molar-refractivity contribution in [3.8, 4) is 0 Å². The molecule has 0 aliphatic heterocycles. The second-order valence-corrected chi connectivity index (χ2v) is 2.52. The summed E-state index contributed by atoms with van der Waals surface area (Å²) in [6.45, 7) is 7.51. The van der Waals surface area contributed by atoms with E-state index in [0.29, 0.717) is 0 Å². The molecule has 12 heavy (non-hydrogen) atoms. The first-order valence-corrected chi connectivity index (χ1v) is 3.85. The Morgan fingerprint density at radius 2 is 2.25 bits per heavy atom. The summed E-state index contributed by atoms with van der Waals surface area (Å²) >= 11 is 0. The van der Waals surface area contributed by atoms with Crippen LogP contribution in [0.25, 0.3) is 6.08 Å². The number of hydrogen-bond acceptors (Lipinski definition) is 2. The quantitative estimate of drug-likeness (QED) is 0.614. The Hall–Kier alpha value is -1.38. The van der Waals surface area contributed by atoms with Crippen LogP contribution in [0.5, 0.6) is 0 Å². The predicted octanol–water partition coefficient (Wildman–Crippen LogP) is 2.09. The number of aryl methyl sites for hydroxylation is 1. The van der Waals surface area contributed by atoms with E-state index in [1.807, 2.05) is 25.5 Å². The molecule has 0 amide bonds. The Morgan fingerprint density at radius 1 is 1.58 bits per heavy atom. The summed E-state index contributed by atoms with van der Waals surface area (Å²) in [5, 5.41) is 0. The van der Waals surface area contributed by atoms with Crippen LogP contribution in [-0.4, -0.2) is 15.8 Å². The third kappa shape index (κ3) is 1.30. The van der Waals surface area contributed by atoms with Crippen LogP contribution >= 0.6 is 0 Å². The molecule has 0 aromatic carbocycles. The van der Waals surface area contributed by atoms with E-state index < -0.39 is 0 Å². The topological polar surface area (TPSA) is 30.2 Å². The van der Waals surface area contributed by atoms with Crippen molar-refractivity contribution >= 4 is 18.1 Å². The van der Waals surface area contributed by atoms with Crippen LogP contribution in [0.2, 0.25) is 0 Å². The number of hydrogen-bond donors (Lipinski definition) is 0. The van der Waals surface area contributed by atoms with Gasteiger partial charge in [0.1, 0.15) is 11.5 Å². The lowest BCUT2D eigenvalue weighted by atomic mass is 10.4. The van der Waals surface area contributed by atoms with Gasteiger partial charge in [0.05, 0.1) is 0 Å². The molecular weight excluding hydrogens is 150 g/mol. The van der Waals surface area contributed by atoms with Gasteiger partial charge in [-0.1, -0.05) is 6.58 Å². The fourth-order valence-electron chi connectivity index (χ4n) is 1.04. The third-order valence-corrected chi connectivity index (χ3v) is 1.76. The number of rotatable bonds is 2. The zero-order chi connectivity index (χ0) is 9.14. The molecule has 64 valence electrons. The van der Waals surface area contributed by atoms with E-state index in [-0.39, 0.29) is 0 Å². The van der Waals surface area contributed by atoms with Crippen molar-refractivity contribution in [2.24, 2.45) is 12.0 Å². The SMILES string of the molecule is C=Cc1nc(C)n(C)c1N=CC. The normalized spacial score (nSPS) is 10.9. The number of aliphatic imine (C=N–C) groups is 1. The Labute approximate surface area is 72.5 Å². The smallest absolute Gasteiger partial charge is 0.159 e. The van der Waals surface area contributed by atoms with Gasteiger partial charge in [0.25, 0.3) is 0 Å². The molecule has 0 saturated carbocycles. The van der Waals surface area contributed by atoms with Crippen LogP contribution in [0.3, 0.4) is 0 Å². The van der Waals surface area contributed by atoms with Crippen LogP contribution in [0, 0.1) is 6.92 Å². The minimum Gasteiger partial charge on any atom is -0.316 e. The highest BCUT2D eigenvalue weighted by molar-refractivity contribution is 5.65. The van der Waals surface area contributed by atoms with Crippen molar-refractivity contribution < 1.29 is 0 Å². The molecular formula is C9H13N3. The van der Waals surface area contributed by atoms with Gasteiger partial charge in [-0.15, -0.1) is 0 Å². The lowest BCUT2D eigenvalue weighted by molar-refractivity contribution is 0.859. The van der Waals surface area contributed by atoms with Crippen LogP contribution in [-0.2, 0) is 7.05 Å². The molecule has 0 aliphatic rings. The Morgan fingerprint density at radius 3 is 2.75 bits per heavy atom. The van der Waals surface area contributed by atoms with Gasteiger partial charge in [0.15, 0.2) is 5.82 Å². The van der Waals surface area contributed by atoms with Crippen molar-refractivity contribution in [2.45, 2.75) is 13.8 Å². The summed E-state index contributed by atoms with van der Waals surface area (Å²) in [5.41, 5.74) is 0.841.